The van der Waals surface area contributed by atoms with E-state index in [1.807, 2.05) is 35.2 Å². The number of nitrogens with zero attached hydrogens (tertiary/aromatic N) is 1. The molecule has 23 heavy (non-hydrogen) atoms. The molecule has 1 aliphatic rings. The van der Waals surface area contributed by atoms with Crippen LogP contribution in [0.2, 0.25) is 5.02 Å². The van der Waals surface area contributed by atoms with Crippen molar-refractivity contribution in [3.63, 3.8) is 0 Å². The van der Waals surface area contributed by atoms with E-state index in [9.17, 15) is 8.78 Å². The van der Waals surface area contributed by atoms with Crippen molar-refractivity contribution in [1.82, 2.24) is 4.90 Å². The maximum absolute atomic E-state index is 14.1. The summed E-state index contributed by atoms with van der Waals surface area (Å²) in [6, 6.07) is 13.8. The largest absolute Gasteiger partial charge is 0.324 e. The monoisotopic (exact) mass is 336 g/mol. The first-order chi connectivity index (χ1) is 11.1. The van der Waals surface area contributed by atoms with Gasteiger partial charge in [0.05, 0.1) is 11.1 Å². The lowest BCUT2D eigenvalue weighted by atomic mass is 9.99. The first-order valence-corrected chi connectivity index (χ1v) is 8.04. The molecule has 2 N–H and O–H groups in total. The van der Waals surface area contributed by atoms with Crippen LogP contribution in [0.5, 0.6) is 0 Å². The fourth-order valence-corrected chi connectivity index (χ4v) is 3.36. The second-order valence-corrected chi connectivity index (χ2v) is 6.40. The molecular formula is C18H19ClF2N2. The minimum atomic E-state index is -1.11. The van der Waals surface area contributed by atoms with Gasteiger partial charge in [-0.3, -0.25) is 4.90 Å². The quantitative estimate of drug-likeness (QED) is 0.924. The fraction of sp³-hybridized carbons (Fsp3) is 0.333. The van der Waals surface area contributed by atoms with E-state index in [0.29, 0.717) is 18.5 Å². The van der Waals surface area contributed by atoms with Gasteiger partial charge < -0.3 is 5.73 Å². The van der Waals surface area contributed by atoms with Crippen molar-refractivity contribution >= 4 is 11.6 Å². The average Bonchev–Trinajstić information content (AvgIpc) is 2.80. The van der Waals surface area contributed by atoms with Gasteiger partial charge in [0.25, 0.3) is 0 Å². The molecule has 1 aliphatic heterocycles. The molecular weight excluding hydrogens is 318 g/mol. The van der Waals surface area contributed by atoms with Crippen LogP contribution in [-0.2, 0) is 13.0 Å². The van der Waals surface area contributed by atoms with Gasteiger partial charge in [-0.25, -0.2) is 8.78 Å². The standard InChI is InChI=1S/C18H19ClF2N2/c19-14-8-4-7-13(17(14)21)9-16-18(22)15(20)11-23(16)10-12-5-2-1-3-6-12/h1-8,15-16,18H,9-11,22H2. The maximum Gasteiger partial charge on any atom is 0.145 e. The third-order valence-corrected chi connectivity index (χ3v) is 4.72. The van der Waals surface area contributed by atoms with Crippen LogP contribution < -0.4 is 5.73 Å². The zero-order valence-electron chi connectivity index (χ0n) is 12.6. The molecule has 1 fully saturated rings. The third-order valence-electron chi connectivity index (χ3n) is 4.43. The molecule has 2 aromatic rings. The zero-order valence-corrected chi connectivity index (χ0v) is 13.4. The molecule has 3 rings (SSSR count). The molecule has 3 unspecified atom stereocenters. The number of nitrogens with two attached hydrogens (primary N) is 1. The second-order valence-electron chi connectivity index (χ2n) is 5.99. The normalized spacial score (nSPS) is 25.0. The molecule has 1 saturated heterocycles. The number of hydrogen-bond acceptors (Lipinski definition) is 2. The molecule has 0 aromatic heterocycles. The molecule has 0 spiro atoms. The Morgan fingerprint density at radius 2 is 1.87 bits per heavy atom. The van der Waals surface area contributed by atoms with E-state index in [-0.39, 0.29) is 17.6 Å². The predicted octanol–water partition coefficient (Wildman–Crippen LogP) is 3.57. The second kappa shape index (κ2) is 6.95. The first-order valence-electron chi connectivity index (χ1n) is 7.67. The first kappa shape index (κ1) is 16.4. The Hall–Kier alpha value is -1.49. The van der Waals surface area contributed by atoms with Crippen molar-refractivity contribution in [3.8, 4) is 0 Å². The number of benzene rings is 2. The van der Waals surface area contributed by atoms with Crippen LogP contribution >= 0.6 is 11.6 Å². The van der Waals surface area contributed by atoms with Crippen LogP contribution in [-0.4, -0.2) is 29.7 Å². The van der Waals surface area contributed by atoms with Crippen molar-refractivity contribution in [2.45, 2.75) is 31.2 Å². The number of halogens is 3. The van der Waals surface area contributed by atoms with E-state index in [1.54, 1.807) is 12.1 Å². The van der Waals surface area contributed by atoms with Crippen LogP contribution in [0.1, 0.15) is 11.1 Å². The molecule has 5 heteroatoms. The van der Waals surface area contributed by atoms with Gasteiger partial charge in [-0.05, 0) is 23.6 Å². The van der Waals surface area contributed by atoms with Crippen LogP contribution in [0, 0.1) is 5.82 Å². The van der Waals surface area contributed by atoms with Crippen molar-refractivity contribution in [2.75, 3.05) is 6.54 Å². The van der Waals surface area contributed by atoms with Crippen molar-refractivity contribution in [3.05, 3.63) is 70.5 Å². The smallest absolute Gasteiger partial charge is 0.145 e. The Morgan fingerprint density at radius 3 is 2.61 bits per heavy atom. The molecule has 122 valence electrons. The molecule has 3 atom stereocenters. The minimum Gasteiger partial charge on any atom is -0.324 e. The highest BCUT2D eigenvalue weighted by atomic mass is 35.5. The summed E-state index contributed by atoms with van der Waals surface area (Å²) in [5, 5.41) is 0.0838. The summed E-state index contributed by atoms with van der Waals surface area (Å²) in [4.78, 5) is 1.99. The Balaban J connectivity index is 1.80. The van der Waals surface area contributed by atoms with E-state index in [0.717, 1.165) is 5.56 Å². The number of likely N-dealkylation sites (tertiary alicyclic amines) is 1. The van der Waals surface area contributed by atoms with Gasteiger partial charge in [-0.1, -0.05) is 54.1 Å². The van der Waals surface area contributed by atoms with E-state index in [1.165, 1.54) is 6.07 Å². The van der Waals surface area contributed by atoms with Gasteiger partial charge in [-0.15, -0.1) is 0 Å². The zero-order chi connectivity index (χ0) is 16.4. The van der Waals surface area contributed by atoms with Crippen molar-refractivity contribution < 1.29 is 8.78 Å². The molecule has 0 bridgehead atoms. The number of hydrogen-bond donors (Lipinski definition) is 1. The summed E-state index contributed by atoms with van der Waals surface area (Å²) in [7, 11) is 0. The molecule has 0 saturated carbocycles. The fourth-order valence-electron chi connectivity index (χ4n) is 3.16. The maximum atomic E-state index is 14.1. The topological polar surface area (TPSA) is 29.3 Å². The molecule has 0 amide bonds. The lowest BCUT2D eigenvalue weighted by Crippen LogP contribution is -2.42. The Kier molecular flexibility index (Phi) is 4.95. The predicted molar refractivity (Wildman–Crippen MR) is 88.6 cm³/mol. The summed E-state index contributed by atoms with van der Waals surface area (Å²) < 4.78 is 28.3. The van der Waals surface area contributed by atoms with E-state index in [4.69, 9.17) is 17.3 Å². The highest BCUT2D eigenvalue weighted by molar-refractivity contribution is 6.30. The van der Waals surface area contributed by atoms with Gasteiger partial charge >= 0.3 is 0 Å². The van der Waals surface area contributed by atoms with Crippen molar-refractivity contribution in [2.24, 2.45) is 5.73 Å². The molecule has 2 nitrogen and oxygen atoms in total. The summed E-state index contributed by atoms with van der Waals surface area (Å²) in [6.45, 7) is 0.866. The van der Waals surface area contributed by atoms with Gasteiger partial charge in [-0.2, -0.15) is 0 Å². The number of rotatable bonds is 4. The summed E-state index contributed by atoms with van der Waals surface area (Å²) in [5.74, 6) is -0.441. The van der Waals surface area contributed by atoms with Crippen LogP contribution in [0.4, 0.5) is 8.78 Å². The Labute approximate surface area is 139 Å². The summed E-state index contributed by atoms with van der Waals surface area (Å²) in [5.41, 5.74) is 7.60. The average molecular weight is 337 g/mol. The van der Waals surface area contributed by atoms with Crippen LogP contribution in [0.25, 0.3) is 0 Å². The number of alkyl halides is 1. The van der Waals surface area contributed by atoms with Gasteiger partial charge in [0.2, 0.25) is 0 Å². The summed E-state index contributed by atoms with van der Waals surface area (Å²) in [6.07, 6.45) is -0.758. The summed E-state index contributed by atoms with van der Waals surface area (Å²) >= 11 is 5.84. The van der Waals surface area contributed by atoms with Crippen LogP contribution in [0.15, 0.2) is 48.5 Å². The minimum absolute atomic E-state index is 0.0838. The highest BCUT2D eigenvalue weighted by Crippen LogP contribution is 2.27. The molecule has 0 radical (unpaired) electrons. The molecule has 0 aliphatic carbocycles. The molecule has 1 heterocycles. The Bertz CT molecular complexity index is 665. The lowest BCUT2D eigenvalue weighted by Gasteiger charge is -2.26. The SMILES string of the molecule is NC1C(F)CN(Cc2ccccc2)C1Cc1cccc(Cl)c1F. The highest BCUT2D eigenvalue weighted by Gasteiger charge is 2.39. The van der Waals surface area contributed by atoms with Crippen LogP contribution in [0.3, 0.4) is 0 Å². The third kappa shape index (κ3) is 3.55. The lowest BCUT2D eigenvalue weighted by molar-refractivity contribution is 0.229. The van der Waals surface area contributed by atoms with E-state index < -0.39 is 18.0 Å². The van der Waals surface area contributed by atoms with Gasteiger partial charge in [0, 0.05) is 19.1 Å². The Morgan fingerprint density at radius 1 is 1.13 bits per heavy atom. The van der Waals surface area contributed by atoms with E-state index >= 15 is 0 Å². The van der Waals surface area contributed by atoms with Gasteiger partial charge in [0.1, 0.15) is 12.0 Å². The van der Waals surface area contributed by atoms with Crippen molar-refractivity contribution in [1.29, 1.82) is 0 Å². The molecule has 2 aromatic carbocycles. The van der Waals surface area contributed by atoms with Gasteiger partial charge in [0.15, 0.2) is 0 Å². The van der Waals surface area contributed by atoms with E-state index in [2.05, 4.69) is 0 Å².